The molecule has 0 bridgehead atoms. The molecule has 2 rings (SSSR count). The van der Waals surface area contributed by atoms with Gasteiger partial charge in [-0.2, -0.15) is 0 Å². The largest absolute Gasteiger partial charge is 0.481 e. The molecule has 2 N–H and O–H groups in total. The van der Waals surface area contributed by atoms with Crippen molar-refractivity contribution in [1.82, 2.24) is 5.32 Å². The quantitative estimate of drug-likeness (QED) is 0.820. The van der Waals surface area contributed by atoms with Gasteiger partial charge in [-0.1, -0.05) is 6.07 Å². The summed E-state index contributed by atoms with van der Waals surface area (Å²) < 4.78 is 28.9. The monoisotopic (exact) mass is 355 g/mol. The molecule has 0 aliphatic carbocycles. The van der Waals surface area contributed by atoms with Gasteiger partial charge < -0.3 is 15.2 Å². The van der Waals surface area contributed by atoms with Crippen molar-refractivity contribution in [1.29, 1.82) is 0 Å². The molecule has 1 aromatic rings. The van der Waals surface area contributed by atoms with Crippen LogP contribution in [0.2, 0.25) is 0 Å². The average molecular weight is 355 g/mol. The Morgan fingerprint density at radius 3 is 2.46 bits per heavy atom. The lowest BCUT2D eigenvalue weighted by molar-refractivity contribution is -0.139. The first-order valence-electron chi connectivity index (χ1n) is 7.56. The maximum Gasteiger partial charge on any atom is 0.305 e. The number of nitrogens with one attached hydrogen (secondary N) is 1. The highest BCUT2D eigenvalue weighted by atomic mass is 32.2. The molecule has 1 heterocycles. The third-order valence-electron chi connectivity index (χ3n) is 4.17. The van der Waals surface area contributed by atoms with Gasteiger partial charge in [-0.15, -0.1) is 0 Å². The van der Waals surface area contributed by atoms with Crippen molar-refractivity contribution < 1.29 is 27.9 Å². The van der Waals surface area contributed by atoms with Crippen molar-refractivity contribution in [2.45, 2.75) is 36.6 Å². The van der Waals surface area contributed by atoms with Gasteiger partial charge in [-0.25, -0.2) is 8.42 Å². The fraction of sp³-hybridized carbons (Fsp3) is 0.500. The van der Waals surface area contributed by atoms with E-state index in [9.17, 15) is 18.0 Å². The maximum absolute atomic E-state index is 12.6. The Labute approximate surface area is 140 Å². The Balaban J connectivity index is 2.29. The molecule has 1 fully saturated rings. The van der Waals surface area contributed by atoms with Crippen LogP contribution >= 0.6 is 0 Å². The van der Waals surface area contributed by atoms with Crippen molar-refractivity contribution >= 4 is 21.7 Å². The van der Waals surface area contributed by atoms with Crippen molar-refractivity contribution in [3.8, 4) is 0 Å². The number of carboxylic acids is 1. The van der Waals surface area contributed by atoms with E-state index in [0.717, 1.165) is 6.26 Å². The van der Waals surface area contributed by atoms with E-state index >= 15 is 0 Å². The van der Waals surface area contributed by atoms with Crippen molar-refractivity contribution in [3.05, 3.63) is 29.3 Å². The van der Waals surface area contributed by atoms with Crippen molar-refractivity contribution in [3.63, 3.8) is 0 Å². The van der Waals surface area contributed by atoms with Crippen LogP contribution in [0.4, 0.5) is 0 Å². The Bertz CT molecular complexity index is 750. The average Bonchev–Trinajstić information content (AvgIpc) is 2.46. The predicted octanol–water partition coefficient (Wildman–Crippen LogP) is 1.15. The normalized spacial score (nSPS) is 17.2. The number of hydrogen-bond acceptors (Lipinski definition) is 5. The molecule has 1 aliphatic heterocycles. The van der Waals surface area contributed by atoms with E-state index < -0.39 is 27.3 Å². The van der Waals surface area contributed by atoms with E-state index in [4.69, 9.17) is 9.84 Å². The number of ether oxygens (including phenoxy) is 1. The zero-order chi connectivity index (χ0) is 18.0. The van der Waals surface area contributed by atoms with E-state index in [1.54, 1.807) is 13.0 Å². The van der Waals surface area contributed by atoms with Gasteiger partial charge in [-0.3, -0.25) is 9.59 Å². The second-order valence-electron chi connectivity index (χ2n) is 6.17. The number of hydrogen-bond donors (Lipinski definition) is 2. The summed E-state index contributed by atoms with van der Waals surface area (Å²) in [4.78, 5) is 23.8. The lowest BCUT2D eigenvalue weighted by atomic mass is 9.86. The first kappa shape index (κ1) is 18.4. The van der Waals surface area contributed by atoms with E-state index in [0.29, 0.717) is 31.6 Å². The van der Waals surface area contributed by atoms with Gasteiger partial charge in [0.25, 0.3) is 5.91 Å². The topological polar surface area (TPSA) is 110 Å². The molecule has 7 nitrogen and oxygen atoms in total. The van der Waals surface area contributed by atoms with E-state index in [1.807, 2.05) is 0 Å². The first-order valence-corrected chi connectivity index (χ1v) is 9.45. The molecule has 0 atom stereocenters. The van der Waals surface area contributed by atoms with E-state index in [2.05, 4.69) is 5.32 Å². The summed E-state index contributed by atoms with van der Waals surface area (Å²) in [6.45, 7) is 2.40. The summed E-state index contributed by atoms with van der Waals surface area (Å²) in [5, 5.41) is 11.9. The Kier molecular flexibility index (Phi) is 5.29. The SMILES string of the molecule is Cc1ccc(C(=O)NC2(CC(=O)O)CCOCC2)cc1S(C)(=O)=O. The lowest BCUT2D eigenvalue weighted by Crippen LogP contribution is -2.53. The minimum atomic E-state index is -3.45. The van der Waals surface area contributed by atoms with Crippen LogP contribution in [0.15, 0.2) is 23.1 Å². The van der Waals surface area contributed by atoms with Crippen LogP contribution in [0.1, 0.15) is 35.2 Å². The molecule has 0 saturated carbocycles. The Morgan fingerprint density at radius 2 is 1.92 bits per heavy atom. The van der Waals surface area contributed by atoms with Crippen LogP contribution in [-0.4, -0.2) is 50.4 Å². The summed E-state index contributed by atoms with van der Waals surface area (Å²) in [5.41, 5.74) is -0.130. The molecule has 1 aliphatic rings. The standard InChI is InChI=1S/C16H21NO6S/c1-11-3-4-12(9-13(11)24(2,21)22)15(20)17-16(10-14(18)19)5-7-23-8-6-16/h3-4,9H,5-8,10H2,1-2H3,(H,17,20)(H,18,19). The Morgan fingerprint density at radius 1 is 1.29 bits per heavy atom. The van der Waals surface area contributed by atoms with E-state index in [-0.39, 0.29) is 16.9 Å². The molecule has 24 heavy (non-hydrogen) atoms. The molecule has 0 aromatic heterocycles. The van der Waals surface area contributed by atoms with Crippen LogP contribution in [0.5, 0.6) is 0 Å². The maximum atomic E-state index is 12.6. The lowest BCUT2D eigenvalue weighted by Gasteiger charge is -2.36. The molecule has 0 unspecified atom stereocenters. The van der Waals surface area contributed by atoms with Gasteiger partial charge in [0.05, 0.1) is 16.9 Å². The molecule has 132 valence electrons. The van der Waals surface area contributed by atoms with Crippen LogP contribution in [0, 0.1) is 6.92 Å². The number of benzene rings is 1. The van der Waals surface area contributed by atoms with Gasteiger partial charge in [0.1, 0.15) is 0 Å². The molecule has 1 saturated heterocycles. The molecule has 1 aromatic carbocycles. The van der Waals surface area contributed by atoms with Crippen LogP contribution < -0.4 is 5.32 Å². The van der Waals surface area contributed by atoms with Crippen LogP contribution in [-0.2, 0) is 19.4 Å². The van der Waals surface area contributed by atoms with Crippen LogP contribution in [0.25, 0.3) is 0 Å². The van der Waals surface area contributed by atoms with Crippen molar-refractivity contribution in [2.24, 2.45) is 0 Å². The second-order valence-corrected chi connectivity index (χ2v) is 8.15. The van der Waals surface area contributed by atoms with Gasteiger partial charge in [0, 0.05) is 25.0 Å². The summed E-state index contributed by atoms with van der Waals surface area (Å²) in [6.07, 6.45) is 1.68. The number of carboxylic acid groups (broad SMARTS) is 1. The number of rotatable bonds is 5. The molecule has 8 heteroatoms. The summed E-state index contributed by atoms with van der Waals surface area (Å²) >= 11 is 0. The summed E-state index contributed by atoms with van der Waals surface area (Å²) in [5.74, 6) is -1.49. The molecular formula is C16H21NO6S. The summed E-state index contributed by atoms with van der Waals surface area (Å²) in [7, 11) is -3.45. The highest BCUT2D eigenvalue weighted by Crippen LogP contribution is 2.26. The van der Waals surface area contributed by atoms with Gasteiger partial charge >= 0.3 is 5.97 Å². The number of carbonyl (C=O) groups excluding carboxylic acids is 1. The third kappa shape index (κ3) is 4.33. The highest BCUT2D eigenvalue weighted by Gasteiger charge is 2.36. The minimum Gasteiger partial charge on any atom is -0.481 e. The number of sulfone groups is 1. The summed E-state index contributed by atoms with van der Waals surface area (Å²) in [6, 6.07) is 4.43. The number of amides is 1. The van der Waals surface area contributed by atoms with E-state index in [1.165, 1.54) is 12.1 Å². The van der Waals surface area contributed by atoms with Crippen molar-refractivity contribution in [2.75, 3.05) is 19.5 Å². The number of carbonyl (C=O) groups is 2. The zero-order valence-corrected chi connectivity index (χ0v) is 14.5. The molecule has 0 radical (unpaired) electrons. The van der Waals surface area contributed by atoms with Crippen LogP contribution in [0.3, 0.4) is 0 Å². The highest BCUT2D eigenvalue weighted by molar-refractivity contribution is 7.90. The number of aliphatic carboxylic acids is 1. The van der Waals surface area contributed by atoms with Gasteiger partial charge in [0.2, 0.25) is 0 Å². The van der Waals surface area contributed by atoms with Gasteiger partial charge in [-0.05, 0) is 37.5 Å². The molecule has 1 amide bonds. The minimum absolute atomic E-state index is 0.0920. The fourth-order valence-corrected chi connectivity index (χ4v) is 3.85. The zero-order valence-electron chi connectivity index (χ0n) is 13.7. The second kappa shape index (κ2) is 6.90. The fourth-order valence-electron chi connectivity index (χ4n) is 2.85. The predicted molar refractivity (Wildman–Crippen MR) is 86.8 cm³/mol. The van der Waals surface area contributed by atoms with Gasteiger partial charge in [0.15, 0.2) is 9.84 Å². The first-order chi connectivity index (χ1) is 11.1. The third-order valence-corrected chi connectivity index (χ3v) is 5.41. The molecule has 0 spiro atoms. The smallest absolute Gasteiger partial charge is 0.305 e. The molecular weight excluding hydrogens is 334 g/mol. The number of aryl methyl sites for hydroxylation is 1. The Hall–Kier alpha value is -1.93.